The lowest BCUT2D eigenvalue weighted by Gasteiger charge is -2.34. The van der Waals surface area contributed by atoms with Crippen molar-refractivity contribution in [3.8, 4) is 0 Å². The number of hydrogen-bond acceptors (Lipinski definition) is 5. The van der Waals surface area contributed by atoms with Crippen LogP contribution in [0.15, 0.2) is 39.5 Å². The minimum atomic E-state index is -0.407. The molecule has 1 fully saturated rings. The Kier molecular flexibility index (Phi) is 5.13. The molecule has 1 N–H and O–H groups in total. The number of amides is 1. The van der Waals surface area contributed by atoms with Crippen LogP contribution in [-0.4, -0.2) is 34.9 Å². The minimum Gasteiger partial charge on any atom is -0.422 e. The number of anilines is 1. The maximum Gasteiger partial charge on any atom is 0.346 e. The van der Waals surface area contributed by atoms with Crippen molar-refractivity contribution in [1.82, 2.24) is 9.88 Å². The highest BCUT2D eigenvalue weighted by atomic mass is 16.4. The van der Waals surface area contributed by atoms with E-state index in [9.17, 15) is 9.59 Å². The number of hydrogen-bond donors (Lipinski definition) is 1. The van der Waals surface area contributed by atoms with Gasteiger partial charge in [0.2, 0.25) is 5.91 Å². The van der Waals surface area contributed by atoms with Crippen molar-refractivity contribution in [2.24, 2.45) is 0 Å². The van der Waals surface area contributed by atoms with Crippen molar-refractivity contribution in [3.63, 3.8) is 0 Å². The molecule has 0 spiro atoms. The highest BCUT2D eigenvalue weighted by molar-refractivity contribution is 6.04. The summed E-state index contributed by atoms with van der Waals surface area (Å²) in [7, 11) is 0. The Bertz CT molecular complexity index is 1090. The van der Waals surface area contributed by atoms with E-state index in [0.29, 0.717) is 34.9 Å². The van der Waals surface area contributed by atoms with Crippen molar-refractivity contribution < 1.29 is 9.21 Å². The third-order valence-electron chi connectivity index (χ3n) is 5.60. The lowest BCUT2D eigenvalue weighted by Crippen LogP contribution is -2.43. The smallest absolute Gasteiger partial charge is 0.346 e. The molecular weight excluding hydrogens is 354 g/mol. The summed E-state index contributed by atoms with van der Waals surface area (Å²) in [5, 5.41) is 4.15. The largest absolute Gasteiger partial charge is 0.422 e. The summed E-state index contributed by atoms with van der Waals surface area (Å²) in [6.45, 7) is 5.34. The van der Waals surface area contributed by atoms with Crippen LogP contribution in [0.5, 0.6) is 0 Å². The number of aryl methyl sites for hydroxylation is 1. The molecule has 2 aromatic heterocycles. The molecule has 1 aliphatic heterocycles. The molecule has 3 aromatic rings. The zero-order valence-electron chi connectivity index (χ0n) is 16.3. The van der Waals surface area contributed by atoms with E-state index >= 15 is 0 Å². The van der Waals surface area contributed by atoms with Gasteiger partial charge in [-0.25, -0.2) is 9.78 Å². The number of aromatic nitrogens is 1. The third-order valence-corrected chi connectivity index (χ3v) is 5.60. The standard InChI is InChI=1S/C22H25N3O3/c1-3-15-8-6-7-11-25(15)13-19(26)23-18-12-14(2)20-21(24-18)16-9-4-5-10-17(16)28-22(20)27/h4-5,9-10,12,15H,3,6-8,11,13H2,1-2H3,(H,23,24,26)/t15-/m1/s1. The van der Waals surface area contributed by atoms with Gasteiger partial charge in [-0.3, -0.25) is 9.69 Å². The highest BCUT2D eigenvalue weighted by Gasteiger charge is 2.23. The molecule has 0 bridgehead atoms. The van der Waals surface area contributed by atoms with E-state index in [1.54, 1.807) is 12.1 Å². The Morgan fingerprint density at radius 3 is 2.96 bits per heavy atom. The second-order valence-electron chi connectivity index (χ2n) is 7.51. The molecule has 1 aromatic carbocycles. The van der Waals surface area contributed by atoms with Gasteiger partial charge in [0.25, 0.3) is 0 Å². The maximum atomic E-state index is 12.6. The first-order chi connectivity index (χ1) is 13.6. The van der Waals surface area contributed by atoms with E-state index in [4.69, 9.17) is 4.42 Å². The van der Waals surface area contributed by atoms with E-state index in [0.717, 1.165) is 36.8 Å². The quantitative estimate of drug-likeness (QED) is 0.550. The van der Waals surface area contributed by atoms with Gasteiger partial charge in [-0.2, -0.15) is 0 Å². The van der Waals surface area contributed by atoms with Gasteiger partial charge in [0.15, 0.2) is 0 Å². The summed E-state index contributed by atoms with van der Waals surface area (Å²) < 4.78 is 5.41. The monoisotopic (exact) mass is 379 g/mol. The normalized spacial score (nSPS) is 17.9. The summed E-state index contributed by atoms with van der Waals surface area (Å²) in [5.41, 5.74) is 1.39. The highest BCUT2D eigenvalue weighted by Crippen LogP contribution is 2.25. The van der Waals surface area contributed by atoms with Crippen molar-refractivity contribution in [3.05, 3.63) is 46.3 Å². The number of benzene rings is 1. The number of pyridine rings is 1. The van der Waals surface area contributed by atoms with E-state index < -0.39 is 5.63 Å². The topological polar surface area (TPSA) is 75.4 Å². The molecule has 6 heteroatoms. The van der Waals surface area contributed by atoms with Crippen molar-refractivity contribution in [2.75, 3.05) is 18.4 Å². The number of rotatable bonds is 4. The number of likely N-dealkylation sites (tertiary alicyclic amines) is 1. The van der Waals surface area contributed by atoms with Gasteiger partial charge in [-0.1, -0.05) is 25.5 Å². The summed E-state index contributed by atoms with van der Waals surface area (Å²) in [6, 6.07) is 9.53. The summed E-state index contributed by atoms with van der Waals surface area (Å²) in [4.78, 5) is 31.9. The predicted molar refractivity (Wildman–Crippen MR) is 111 cm³/mol. The summed E-state index contributed by atoms with van der Waals surface area (Å²) in [5.74, 6) is 0.398. The van der Waals surface area contributed by atoms with E-state index in [2.05, 4.69) is 22.1 Å². The van der Waals surface area contributed by atoms with Gasteiger partial charge >= 0.3 is 5.63 Å². The first-order valence-electron chi connectivity index (χ1n) is 9.94. The molecule has 1 atom stereocenters. The fraction of sp³-hybridized carbons (Fsp3) is 0.409. The Morgan fingerprint density at radius 1 is 1.32 bits per heavy atom. The Morgan fingerprint density at radius 2 is 2.14 bits per heavy atom. The number of fused-ring (bicyclic) bond motifs is 3. The molecule has 0 unspecified atom stereocenters. The molecule has 4 rings (SSSR count). The van der Waals surface area contributed by atoms with Crippen LogP contribution in [0, 0.1) is 6.92 Å². The van der Waals surface area contributed by atoms with Gasteiger partial charge in [-0.05, 0) is 56.5 Å². The van der Waals surface area contributed by atoms with Crippen LogP contribution < -0.4 is 10.9 Å². The number of carbonyl (C=O) groups is 1. The van der Waals surface area contributed by atoms with Gasteiger partial charge in [0.05, 0.1) is 17.4 Å². The zero-order chi connectivity index (χ0) is 19.7. The SMILES string of the molecule is CC[C@@H]1CCCCN1CC(=O)Nc1cc(C)c2c(=O)oc3ccccc3c2n1. The number of piperidine rings is 1. The molecule has 0 radical (unpaired) electrons. The molecule has 1 saturated heterocycles. The number of para-hydroxylation sites is 1. The van der Waals surface area contributed by atoms with Gasteiger partial charge in [0.1, 0.15) is 11.4 Å². The van der Waals surface area contributed by atoms with E-state index in [-0.39, 0.29) is 5.91 Å². The lowest BCUT2D eigenvalue weighted by atomic mass is 10.0. The molecule has 0 saturated carbocycles. The molecule has 28 heavy (non-hydrogen) atoms. The molecule has 1 aliphatic rings. The number of carbonyl (C=O) groups excluding carboxylic acids is 1. The Labute approximate surface area is 163 Å². The van der Waals surface area contributed by atoms with E-state index in [1.165, 1.54) is 6.42 Å². The molecule has 3 heterocycles. The molecule has 6 nitrogen and oxygen atoms in total. The van der Waals surface area contributed by atoms with Crippen LogP contribution in [0.4, 0.5) is 5.82 Å². The van der Waals surface area contributed by atoms with Crippen molar-refractivity contribution in [1.29, 1.82) is 0 Å². The molecule has 1 amide bonds. The number of nitrogens with one attached hydrogen (secondary N) is 1. The minimum absolute atomic E-state index is 0.0705. The second kappa shape index (κ2) is 7.72. The second-order valence-corrected chi connectivity index (χ2v) is 7.51. The lowest BCUT2D eigenvalue weighted by molar-refractivity contribution is -0.118. The van der Waals surface area contributed by atoms with Crippen LogP contribution in [0.1, 0.15) is 38.2 Å². The van der Waals surface area contributed by atoms with Crippen LogP contribution in [-0.2, 0) is 4.79 Å². The van der Waals surface area contributed by atoms with E-state index in [1.807, 2.05) is 25.1 Å². The molecule has 0 aliphatic carbocycles. The first kappa shape index (κ1) is 18.6. The fourth-order valence-corrected chi connectivity index (χ4v) is 4.19. The van der Waals surface area contributed by atoms with Gasteiger partial charge in [-0.15, -0.1) is 0 Å². The predicted octanol–water partition coefficient (Wildman–Crippen LogP) is 3.85. The summed E-state index contributed by atoms with van der Waals surface area (Å²) >= 11 is 0. The maximum absolute atomic E-state index is 12.6. The zero-order valence-corrected chi connectivity index (χ0v) is 16.3. The average molecular weight is 379 g/mol. The molecule has 146 valence electrons. The van der Waals surface area contributed by atoms with Crippen LogP contribution in [0.2, 0.25) is 0 Å². The van der Waals surface area contributed by atoms with Crippen molar-refractivity contribution in [2.45, 2.75) is 45.6 Å². The number of nitrogens with zero attached hydrogens (tertiary/aromatic N) is 2. The van der Waals surface area contributed by atoms with Crippen LogP contribution in [0.25, 0.3) is 21.9 Å². The third kappa shape index (κ3) is 3.52. The molecular formula is C22H25N3O3. The van der Waals surface area contributed by atoms with Gasteiger partial charge < -0.3 is 9.73 Å². The van der Waals surface area contributed by atoms with Gasteiger partial charge in [0, 0.05) is 11.4 Å². The van der Waals surface area contributed by atoms with Crippen LogP contribution >= 0.6 is 0 Å². The average Bonchev–Trinajstić information content (AvgIpc) is 2.68. The fourth-order valence-electron chi connectivity index (χ4n) is 4.19. The van der Waals surface area contributed by atoms with Crippen LogP contribution in [0.3, 0.4) is 0 Å². The summed E-state index contributed by atoms with van der Waals surface area (Å²) in [6.07, 6.45) is 4.58. The van der Waals surface area contributed by atoms with Crippen molar-refractivity contribution >= 4 is 33.6 Å². The first-order valence-corrected chi connectivity index (χ1v) is 9.94. The Balaban J connectivity index is 1.65. The Hall–Kier alpha value is -2.73.